The summed E-state index contributed by atoms with van der Waals surface area (Å²) in [4.78, 5) is 1.15. The highest BCUT2D eigenvalue weighted by Gasteiger charge is 2.12. The van der Waals surface area contributed by atoms with Crippen molar-refractivity contribution in [3.8, 4) is 11.5 Å². The van der Waals surface area contributed by atoms with Crippen LogP contribution in [0.5, 0.6) is 11.5 Å². The number of rotatable bonds is 5. The van der Waals surface area contributed by atoms with E-state index in [2.05, 4.69) is 0 Å². The molecule has 0 unspecified atom stereocenters. The molecule has 0 saturated carbocycles. The topological polar surface area (TPSA) is 18.5 Å². The van der Waals surface area contributed by atoms with Gasteiger partial charge in [0.05, 0.1) is 13.0 Å². The number of ether oxygens (including phenoxy) is 2. The van der Waals surface area contributed by atoms with Gasteiger partial charge in [0.25, 0.3) is 0 Å². The van der Waals surface area contributed by atoms with E-state index >= 15 is 0 Å². The minimum Gasteiger partial charge on any atom is -0.493 e. The van der Waals surface area contributed by atoms with Crippen LogP contribution in [0.25, 0.3) is 0 Å². The smallest absolute Gasteiger partial charge is 0.166 e. The fraction of sp³-hybridized carbons (Fsp3) is 0.231. The van der Waals surface area contributed by atoms with Crippen molar-refractivity contribution in [1.29, 1.82) is 0 Å². The molecule has 2 nitrogen and oxygen atoms in total. The molecule has 0 N–H and O–H groups in total. The van der Waals surface area contributed by atoms with Crippen LogP contribution in [-0.2, 0) is 12.5 Å². The van der Waals surface area contributed by atoms with E-state index in [0.717, 1.165) is 10.4 Å². The number of alkyl halides is 1. The maximum Gasteiger partial charge on any atom is 0.166 e. The summed E-state index contributed by atoms with van der Waals surface area (Å²) in [6, 6.07) is 7.53. The van der Waals surface area contributed by atoms with Gasteiger partial charge in [0.1, 0.15) is 6.61 Å². The van der Waals surface area contributed by atoms with Gasteiger partial charge in [-0.25, -0.2) is 0 Å². The first-order chi connectivity index (χ1) is 8.74. The van der Waals surface area contributed by atoms with Crippen LogP contribution in [0.3, 0.4) is 0 Å². The highest BCUT2D eigenvalue weighted by molar-refractivity contribution is 7.09. The molecule has 0 radical (unpaired) electrons. The molecule has 1 heterocycles. The number of thiophene rings is 1. The number of methoxy groups -OCH3 is 1. The van der Waals surface area contributed by atoms with E-state index in [1.54, 1.807) is 30.6 Å². The third-order valence-electron chi connectivity index (χ3n) is 2.40. The fourth-order valence-electron chi connectivity index (χ4n) is 1.58. The predicted octanol–water partition coefficient (Wildman–Crippen LogP) is 4.73. The molecule has 0 atom stereocenters. The Morgan fingerprint density at radius 3 is 2.78 bits per heavy atom. The van der Waals surface area contributed by atoms with Crippen LogP contribution in [0, 0.1) is 0 Å². The van der Waals surface area contributed by atoms with Crippen LogP contribution in [-0.4, -0.2) is 7.11 Å². The SMILES string of the molecule is COc1cc(Cl)cc(CCl)c1OCc1cccs1. The molecule has 0 fully saturated rings. The molecular weight excluding hydrogens is 291 g/mol. The van der Waals surface area contributed by atoms with Crippen molar-refractivity contribution in [3.05, 3.63) is 45.1 Å². The summed E-state index contributed by atoms with van der Waals surface area (Å²) in [7, 11) is 1.58. The normalized spacial score (nSPS) is 10.4. The minimum atomic E-state index is 0.330. The summed E-state index contributed by atoms with van der Waals surface area (Å²) in [6.07, 6.45) is 0. The molecule has 1 aromatic heterocycles. The first kappa shape index (κ1) is 13.5. The summed E-state index contributed by atoms with van der Waals surface area (Å²) in [6.45, 7) is 0.500. The van der Waals surface area contributed by atoms with Gasteiger partial charge < -0.3 is 9.47 Å². The van der Waals surface area contributed by atoms with Crippen LogP contribution in [0.2, 0.25) is 5.02 Å². The van der Waals surface area contributed by atoms with Gasteiger partial charge in [0, 0.05) is 21.5 Å². The van der Waals surface area contributed by atoms with Gasteiger partial charge in [0.2, 0.25) is 0 Å². The third-order valence-corrected chi connectivity index (χ3v) is 3.76. The van der Waals surface area contributed by atoms with Crippen LogP contribution in [0.4, 0.5) is 0 Å². The van der Waals surface area contributed by atoms with Crippen molar-refractivity contribution in [1.82, 2.24) is 0 Å². The van der Waals surface area contributed by atoms with Crippen LogP contribution < -0.4 is 9.47 Å². The van der Waals surface area contributed by atoms with Crippen molar-refractivity contribution in [2.75, 3.05) is 7.11 Å². The standard InChI is InChI=1S/C13H12Cl2O2S/c1-16-12-6-10(15)5-9(7-14)13(12)17-8-11-3-2-4-18-11/h2-6H,7-8H2,1H3. The molecule has 0 aliphatic carbocycles. The first-order valence-electron chi connectivity index (χ1n) is 5.32. The Labute approximate surface area is 120 Å². The summed E-state index contributed by atoms with van der Waals surface area (Å²) in [5.74, 6) is 1.59. The first-order valence-corrected chi connectivity index (χ1v) is 7.11. The summed E-state index contributed by atoms with van der Waals surface area (Å²) >= 11 is 13.5. The average molecular weight is 303 g/mol. The molecule has 2 rings (SSSR count). The maximum atomic E-state index is 5.99. The lowest BCUT2D eigenvalue weighted by molar-refractivity contribution is 0.285. The quantitative estimate of drug-likeness (QED) is 0.744. The molecule has 1 aromatic carbocycles. The Bertz CT molecular complexity index is 487. The zero-order valence-corrected chi connectivity index (χ0v) is 12.1. The van der Waals surface area contributed by atoms with Gasteiger partial charge in [-0.3, -0.25) is 0 Å². The second-order valence-corrected chi connectivity index (χ2v) is 5.33. The lowest BCUT2D eigenvalue weighted by Crippen LogP contribution is -1.99. The van der Waals surface area contributed by atoms with E-state index in [9.17, 15) is 0 Å². The van der Waals surface area contributed by atoms with E-state index in [4.69, 9.17) is 32.7 Å². The number of hydrogen-bond acceptors (Lipinski definition) is 3. The molecule has 5 heteroatoms. The van der Waals surface area contributed by atoms with Crippen molar-refractivity contribution in [2.45, 2.75) is 12.5 Å². The number of hydrogen-bond donors (Lipinski definition) is 0. The molecule has 0 aliphatic heterocycles. The van der Waals surface area contributed by atoms with Crippen molar-refractivity contribution in [2.24, 2.45) is 0 Å². The summed E-state index contributed by atoms with van der Waals surface area (Å²) in [5, 5.41) is 2.60. The highest BCUT2D eigenvalue weighted by Crippen LogP contribution is 2.36. The Morgan fingerprint density at radius 1 is 1.33 bits per heavy atom. The van der Waals surface area contributed by atoms with Crippen molar-refractivity contribution < 1.29 is 9.47 Å². The lowest BCUT2D eigenvalue weighted by Gasteiger charge is -2.14. The molecule has 0 aliphatic rings. The Balaban J connectivity index is 2.24. The molecule has 0 saturated heterocycles. The van der Waals surface area contributed by atoms with E-state index in [-0.39, 0.29) is 0 Å². The van der Waals surface area contributed by atoms with Gasteiger partial charge in [-0.05, 0) is 17.5 Å². The van der Waals surface area contributed by atoms with Crippen LogP contribution in [0.1, 0.15) is 10.4 Å². The van der Waals surface area contributed by atoms with E-state index < -0.39 is 0 Å². The Morgan fingerprint density at radius 2 is 2.17 bits per heavy atom. The third kappa shape index (κ3) is 3.10. The molecular formula is C13H12Cl2O2S. The summed E-state index contributed by atoms with van der Waals surface area (Å²) < 4.78 is 11.1. The van der Waals surface area contributed by atoms with Crippen molar-refractivity contribution >= 4 is 34.5 Å². The van der Waals surface area contributed by atoms with Gasteiger partial charge in [-0.1, -0.05) is 17.7 Å². The second kappa shape index (κ2) is 6.32. The number of benzene rings is 1. The zero-order chi connectivity index (χ0) is 13.0. The van der Waals surface area contributed by atoms with Crippen molar-refractivity contribution in [3.63, 3.8) is 0 Å². The average Bonchev–Trinajstić information content (AvgIpc) is 2.89. The van der Waals surface area contributed by atoms with Gasteiger partial charge >= 0.3 is 0 Å². The molecule has 2 aromatic rings. The molecule has 0 spiro atoms. The summed E-state index contributed by atoms with van der Waals surface area (Å²) in [5.41, 5.74) is 0.831. The molecule has 96 valence electrons. The lowest BCUT2D eigenvalue weighted by atomic mass is 10.2. The van der Waals surface area contributed by atoms with Gasteiger partial charge in [-0.15, -0.1) is 22.9 Å². The molecule has 18 heavy (non-hydrogen) atoms. The predicted molar refractivity (Wildman–Crippen MR) is 76.2 cm³/mol. The van der Waals surface area contributed by atoms with Gasteiger partial charge in [0.15, 0.2) is 11.5 Å². The van der Waals surface area contributed by atoms with Crippen LogP contribution >= 0.6 is 34.5 Å². The monoisotopic (exact) mass is 302 g/mol. The van der Waals surface area contributed by atoms with Gasteiger partial charge in [-0.2, -0.15) is 0 Å². The molecule has 0 amide bonds. The van der Waals surface area contributed by atoms with E-state index in [1.165, 1.54) is 0 Å². The Kier molecular flexibility index (Phi) is 4.75. The van der Waals surface area contributed by atoms with E-state index in [1.807, 2.05) is 17.5 Å². The maximum absolute atomic E-state index is 5.99. The van der Waals surface area contributed by atoms with Crippen LogP contribution in [0.15, 0.2) is 29.6 Å². The largest absolute Gasteiger partial charge is 0.493 e. The Hall–Kier alpha value is -0.900. The van der Waals surface area contributed by atoms with E-state index in [0.29, 0.717) is 29.0 Å². The second-order valence-electron chi connectivity index (χ2n) is 3.60. The fourth-order valence-corrected chi connectivity index (χ4v) is 2.62. The zero-order valence-electron chi connectivity index (χ0n) is 9.78. The highest BCUT2D eigenvalue weighted by atomic mass is 35.5. The molecule has 0 bridgehead atoms. The number of halogens is 2. The minimum absolute atomic E-state index is 0.330.